The minimum absolute atomic E-state index is 0.889. The van der Waals surface area contributed by atoms with E-state index in [1.807, 2.05) is 36.7 Å². The van der Waals surface area contributed by atoms with Crippen molar-refractivity contribution in [1.29, 1.82) is 0 Å². The molecule has 0 fully saturated rings. The Morgan fingerprint density at radius 2 is 2.31 bits per heavy atom. The Hall–Kier alpha value is -1.29. The van der Waals surface area contributed by atoms with Crippen LogP contribution in [0.2, 0.25) is 0 Å². The van der Waals surface area contributed by atoms with Gasteiger partial charge >= 0.3 is 0 Å². The first-order valence-corrected chi connectivity index (χ1v) is 6.12. The summed E-state index contributed by atoms with van der Waals surface area (Å²) in [6.45, 7) is 3.14. The Morgan fingerprint density at radius 1 is 1.44 bits per heavy atom. The standard InChI is InChI=1S/C12H14BrN3/c1-2-7-16-8-6-14-12(16)15-11-5-3-4-10(13)9-11/h3-6,8-9H,2,7H2,1H3,(H,14,15). The minimum atomic E-state index is 0.889. The predicted octanol–water partition coefficient (Wildman–Crippen LogP) is 3.80. The number of nitrogens with zero attached hydrogens (tertiary/aromatic N) is 2. The molecule has 16 heavy (non-hydrogen) atoms. The summed E-state index contributed by atoms with van der Waals surface area (Å²) in [5, 5.41) is 3.30. The Labute approximate surface area is 104 Å². The summed E-state index contributed by atoms with van der Waals surface area (Å²) in [7, 11) is 0. The molecule has 0 amide bonds. The van der Waals surface area contributed by atoms with Crippen LogP contribution >= 0.6 is 15.9 Å². The molecule has 0 aliphatic rings. The summed E-state index contributed by atoms with van der Waals surface area (Å²) >= 11 is 3.45. The van der Waals surface area contributed by atoms with Gasteiger partial charge in [-0.15, -0.1) is 0 Å². The average Bonchev–Trinajstić information content (AvgIpc) is 2.66. The van der Waals surface area contributed by atoms with E-state index in [4.69, 9.17) is 0 Å². The molecule has 1 aromatic heterocycles. The van der Waals surface area contributed by atoms with Gasteiger partial charge in [0.2, 0.25) is 5.95 Å². The monoisotopic (exact) mass is 279 g/mol. The van der Waals surface area contributed by atoms with Crippen molar-refractivity contribution in [3.63, 3.8) is 0 Å². The fraction of sp³-hybridized carbons (Fsp3) is 0.250. The molecule has 0 aliphatic carbocycles. The van der Waals surface area contributed by atoms with E-state index in [1.165, 1.54) is 0 Å². The topological polar surface area (TPSA) is 29.9 Å². The molecular formula is C12H14BrN3. The number of hydrogen-bond donors (Lipinski definition) is 1. The first-order valence-electron chi connectivity index (χ1n) is 5.33. The zero-order valence-electron chi connectivity index (χ0n) is 9.15. The van der Waals surface area contributed by atoms with E-state index in [-0.39, 0.29) is 0 Å². The second-order valence-corrected chi connectivity index (χ2v) is 4.50. The van der Waals surface area contributed by atoms with E-state index >= 15 is 0 Å². The minimum Gasteiger partial charge on any atom is -0.326 e. The molecule has 84 valence electrons. The van der Waals surface area contributed by atoms with Gasteiger partial charge in [0.1, 0.15) is 0 Å². The van der Waals surface area contributed by atoms with Crippen LogP contribution in [-0.2, 0) is 6.54 Å². The molecule has 0 radical (unpaired) electrons. The van der Waals surface area contributed by atoms with Gasteiger partial charge < -0.3 is 9.88 Å². The van der Waals surface area contributed by atoms with Crippen LogP contribution < -0.4 is 5.32 Å². The van der Waals surface area contributed by atoms with Crippen molar-refractivity contribution in [3.05, 3.63) is 41.1 Å². The fourth-order valence-corrected chi connectivity index (χ4v) is 1.95. The lowest BCUT2D eigenvalue weighted by molar-refractivity contribution is 0.686. The van der Waals surface area contributed by atoms with Crippen LogP contribution in [0.4, 0.5) is 11.6 Å². The Bertz CT molecular complexity index is 465. The summed E-state index contributed by atoms with van der Waals surface area (Å²) in [5.41, 5.74) is 1.04. The van der Waals surface area contributed by atoms with Crippen LogP contribution in [-0.4, -0.2) is 9.55 Å². The number of aromatic nitrogens is 2. The lowest BCUT2D eigenvalue weighted by Crippen LogP contribution is -2.02. The average molecular weight is 280 g/mol. The van der Waals surface area contributed by atoms with Gasteiger partial charge in [0, 0.05) is 29.1 Å². The third-order valence-electron chi connectivity index (χ3n) is 2.26. The molecule has 0 atom stereocenters. The van der Waals surface area contributed by atoms with Crippen molar-refractivity contribution in [3.8, 4) is 0 Å². The molecule has 0 bridgehead atoms. The number of halogens is 1. The summed E-state index contributed by atoms with van der Waals surface area (Å²) in [6, 6.07) is 8.06. The van der Waals surface area contributed by atoms with Crippen LogP contribution in [0.25, 0.3) is 0 Å². The van der Waals surface area contributed by atoms with Gasteiger partial charge in [-0.25, -0.2) is 4.98 Å². The first-order chi connectivity index (χ1) is 7.79. The molecule has 2 aromatic rings. The summed E-state index contributed by atoms with van der Waals surface area (Å²) < 4.78 is 3.17. The summed E-state index contributed by atoms with van der Waals surface area (Å²) in [5.74, 6) is 0.889. The van der Waals surface area contributed by atoms with E-state index < -0.39 is 0 Å². The molecule has 0 saturated carbocycles. The van der Waals surface area contributed by atoms with Crippen LogP contribution in [0.3, 0.4) is 0 Å². The zero-order chi connectivity index (χ0) is 11.4. The van der Waals surface area contributed by atoms with E-state index in [0.29, 0.717) is 0 Å². The molecular weight excluding hydrogens is 266 g/mol. The molecule has 0 saturated heterocycles. The second-order valence-electron chi connectivity index (χ2n) is 3.58. The first kappa shape index (κ1) is 11.2. The van der Waals surface area contributed by atoms with Crippen molar-refractivity contribution in [2.24, 2.45) is 0 Å². The maximum atomic E-state index is 4.30. The molecule has 1 aromatic carbocycles. The Balaban J connectivity index is 2.17. The van der Waals surface area contributed by atoms with Crippen molar-refractivity contribution in [2.75, 3.05) is 5.32 Å². The molecule has 0 unspecified atom stereocenters. The van der Waals surface area contributed by atoms with Gasteiger partial charge in [0.05, 0.1) is 0 Å². The third-order valence-corrected chi connectivity index (χ3v) is 2.75. The number of nitrogens with one attached hydrogen (secondary N) is 1. The number of benzene rings is 1. The fourth-order valence-electron chi connectivity index (χ4n) is 1.55. The van der Waals surface area contributed by atoms with Crippen molar-refractivity contribution >= 4 is 27.6 Å². The third kappa shape index (κ3) is 2.64. The highest BCUT2D eigenvalue weighted by Crippen LogP contribution is 2.19. The smallest absolute Gasteiger partial charge is 0.207 e. The van der Waals surface area contributed by atoms with Crippen LogP contribution in [0.1, 0.15) is 13.3 Å². The molecule has 1 N–H and O–H groups in total. The maximum Gasteiger partial charge on any atom is 0.207 e. The lowest BCUT2D eigenvalue weighted by Gasteiger charge is -2.08. The molecule has 0 spiro atoms. The van der Waals surface area contributed by atoms with Gasteiger partial charge in [0.15, 0.2) is 0 Å². The number of aryl methyl sites for hydroxylation is 1. The van der Waals surface area contributed by atoms with E-state index in [1.54, 1.807) is 0 Å². The van der Waals surface area contributed by atoms with E-state index in [2.05, 4.69) is 37.7 Å². The lowest BCUT2D eigenvalue weighted by atomic mass is 10.3. The maximum absolute atomic E-state index is 4.30. The number of hydrogen-bond acceptors (Lipinski definition) is 2. The van der Waals surface area contributed by atoms with E-state index in [9.17, 15) is 0 Å². The largest absolute Gasteiger partial charge is 0.326 e. The van der Waals surface area contributed by atoms with Gasteiger partial charge in [-0.05, 0) is 24.6 Å². The van der Waals surface area contributed by atoms with Crippen molar-refractivity contribution in [2.45, 2.75) is 19.9 Å². The van der Waals surface area contributed by atoms with Crippen molar-refractivity contribution < 1.29 is 0 Å². The van der Waals surface area contributed by atoms with Crippen LogP contribution in [0, 0.1) is 0 Å². The molecule has 2 rings (SSSR count). The highest BCUT2D eigenvalue weighted by Gasteiger charge is 2.01. The quantitative estimate of drug-likeness (QED) is 0.923. The molecule has 3 nitrogen and oxygen atoms in total. The van der Waals surface area contributed by atoms with Crippen LogP contribution in [0.15, 0.2) is 41.1 Å². The van der Waals surface area contributed by atoms with E-state index in [0.717, 1.165) is 29.1 Å². The number of anilines is 2. The van der Waals surface area contributed by atoms with Crippen LogP contribution in [0.5, 0.6) is 0 Å². The highest BCUT2D eigenvalue weighted by molar-refractivity contribution is 9.10. The van der Waals surface area contributed by atoms with Crippen molar-refractivity contribution in [1.82, 2.24) is 9.55 Å². The Kier molecular flexibility index (Phi) is 3.62. The SMILES string of the molecule is CCCn1ccnc1Nc1cccc(Br)c1. The number of rotatable bonds is 4. The molecule has 1 heterocycles. The molecule has 4 heteroatoms. The van der Waals surface area contributed by atoms with Gasteiger partial charge in [-0.1, -0.05) is 28.9 Å². The van der Waals surface area contributed by atoms with Gasteiger partial charge in [-0.3, -0.25) is 0 Å². The Morgan fingerprint density at radius 3 is 3.06 bits per heavy atom. The highest BCUT2D eigenvalue weighted by atomic mass is 79.9. The van der Waals surface area contributed by atoms with Gasteiger partial charge in [0.25, 0.3) is 0 Å². The predicted molar refractivity (Wildman–Crippen MR) is 69.9 cm³/mol. The second kappa shape index (κ2) is 5.16. The number of imidazole rings is 1. The summed E-state index contributed by atoms with van der Waals surface area (Å²) in [4.78, 5) is 4.30. The zero-order valence-corrected chi connectivity index (χ0v) is 10.7. The molecule has 0 aliphatic heterocycles. The normalized spacial score (nSPS) is 10.4. The summed E-state index contributed by atoms with van der Waals surface area (Å²) in [6.07, 6.45) is 4.91. The van der Waals surface area contributed by atoms with Gasteiger partial charge in [-0.2, -0.15) is 0 Å².